The highest BCUT2D eigenvalue weighted by Gasteiger charge is 2.07. The van der Waals surface area contributed by atoms with Gasteiger partial charge in [-0.05, 0) is 29.8 Å². The van der Waals surface area contributed by atoms with Crippen LogP contribution in [0.1, 0.15) is 27.6 Å². The number of ketones is 1. The van der Waals surface area contributed by atoms with Crippen LogP contribution < -0.4 is 0 Å². The Hall–Kier alpha value is -1.96. The first-order valence-corrected chi connectivity index (χ1v) is 4.71. The average molecular weight is 198 g/mol. The lowest BCUT2D eigenvalue weighted by Crippen LogP contribution is -1.98. The smallest absolute Gasteiger partial charge is 0.160 e. The maximum atomic E-state index is 11.3. The third-order valence-corrected chi connectivity index (χ3v) is 2.42. The Kier molecular flexibility index (Phi) is 2.34. The van der Waals surface area contributed by atoms with E-state index >= 15 is 0 Å². The highest BCUT2D eigenvalue weighted by atomic mass is 16.1. The van der Waals surface area contributed by atoms with Gasteiger partial charge in [0.25, 0.3) is 0 Å². The number of aldehydes is 1. The van der Waals surface area contributed by atoms with Gasteiger partial charge in [-0.1, -0.05) is 24.3 Å². The fourth-order valence-electron chi connectivity index (χ4n) is 1.66. The fourth-order valence-corrected chi connectivity index (χ4v) is 1.66. The first-order valence-electron chi connectivity index (χ1n) is 4.71. The second-order valence-electron chi connectivity index (χ2n) is 3.46. The van der Waals surface area contributed by atoms with Crippen molar-refractivity contribution in [2.24, 2.45) is 0 Å². The van der Waals surface area contributed by atoms with E-state index in [0.29, 0.717) is 11.1 Å². The average Bonchev–Trinajstić information content (AvgIpc) is 2.27. The van der Waals surface area contributed by atoms with E-state index in [2.05, 4.69) is 0 Å². The third kappa shape index (κ3) is 1.66. The van der Waals surface area contributed by atoms with Gasteiger partial charge in [-0.3, -0.25) is 9.59 Å². The maximum Gasteiger partial charge on any atom is 0.160 e. The van der Waals surface area contributed by atoms with Crippen molar-refractivity contribution in [2.45, 2.75) is 6.92 Å². The monoisotopic (exact) mass is 198 g/mol. The Balaban J connectivity index is 2.80. The van der Waals surface area contributed by atoms with E-state index in [9.17, 15) is 9.59 Å². The Morgan fingerprint density at radius 1 is 1.13 bits per heavy atom. The molecule has 2 aromatic carbocycles. The molecule has 0 aromatic heterocycles. The van der Waals surface area contributed by atoms with Gasteiger partial charge in [0.1, 0.15) is 0 Å². The Morgan fingerprint density at radius 2 is 1.73 bits per heavy atom. The topological polar surface area (TPSA) is 34.1 Å². The fraction of sp³-hybridized carbons (Fsp3) is 0.0769. The number of hydrogen-bond acceptors (Lipinski definition) is 2. The molecule has 0 atom stereocenters. The molecule has 0 spiro atoms. The number of benzene rings is 2. The molecule has 0 aliphatic rings. The largest absolute Gasteiger partial charge is 0.298 e. The zero-order valence-corrected chi connectivity index (χ0v) is 8.36. The van der Waals surface area contributed by atoms with Gasteiger partial charge in [-0.15, -0.1) is 0 Å². The van der Waals surface area contributed by atoms with E-state index < -0.39 is 0 Å². The van der Waals surface area contributed by atoms with Crippen LogP contribution in [0.2, 0.25) is 0 Å². The molecule has 0 saturated carbocycles. The first kappa shape index (κ1) is 9.59. The minimum absolute atomic E-state index is 0.0807. The van der Waals surface area contributed by atoms with Crippen LogP contribution in [0.25, 0.3) is 10.8 Å². The number of carbonyl (C=O) groups excluding carboxylic acids is 2. The molecule has 0 radical (unpaired) electrons. The summed E-state index contributed by atoms with van der Waals surface area (Å²) in [5, 5.41) is 1.96. The number of Topliss-reactive ketones (excluding diaryl/α,β-unsaturated/α-hetero) is 1. The zero-order valence-electron chi connectivity index (χ0n) is 8.36. The third-order valence-electron chi connectivity index (χ3n) is 2.42. The molecule has 15 heavy (non-hydrogen) atoms. The molecule has 2 rings (SSSR count). The lowest BCUT2D eigenvalue weighted by molar-refractivity contribution is 0.101. The second-order valence-corrected chi connectivity index (χ2v) is 3.46. The van der Waals surface area contributed by atoms with Gasteiger partial charge < -0.3 is 0 Å². The Bertz CT molecular complexity index is 541. The molecule has 0 bridgehead atoms. The van der Waals surface area contributed by atoms with E-state index in [1.807, 2.05) is 24.3 Å². The standard InChI is InChI=1S/C13H10O2/c1-9(15)13-7-11-5-3-2-4-10(11)6-12(13)8-14/h2-8H,1H3. The van der Waals surface area contributed by atoms with E-state index in [4.69, 9.17) is 0 Å². The van der Waals surface area contributed by atoms with Gasteiger partial charge in [0.2, 0.25) is 0 Å². The van der Waals surface area contributed by atoms with Crippen molar-refractivity contribution in [2.75, 3.05) is 0 Å². The van der Waals surface area contributed by atoms with Crippen LogP contribution in [0.4, 0.5) is 0 Å². The summed E-state index contributed by atoms with van der Waals surface area (Å²) in [4.78, 5) is 22.1. The molecule has 2 heteroatoms. The molecule has 0 amide bonds. The van der Waals surface area contributed by atoms with Crippen LogP contribution in [-0.2, 0) is 0 Å². The van der Waals surface area contributed by atoms with Gasteiger partial charge in [-0.25, -0.2) is 0 Å². The molecule has 0 unspecified atom stereocenters. The van der Waals surface area contributed by atoms with Gasteiger partial charge in [-0.2, -0.15) is 0 Å². The first-order chi connectivity index (χ1) is 7.22. The Morgan fingerprint density at radius 3 is 2.27 bits per heavy atom. The summed E-state index contributed by atoms with van der Waals surface area (Å²) in [7, 11) is 0. The van der Waals surface area contributed by atoms with Crippen molar-refractivity contribution in [1.82, 2.24) is 0 Å². The van der Waals surface area contributed by atoms with E-state index in [0.717, 1.165) is 17.1 Å². The number of hydrogen-bond donors (Lipinski definition) is 0. The summed E-state index contributed by atoms with van der Waals surface area (Å²) in [6, 6.07) is 11.2. The molecular weight excluding hydrogens is 188 g/mol. The molecule has 0 saturated heterocycles. The van der Waals surface area contributed by atoms with Crippen molar-refractivity contribution in [3.63, 3.8) is 0 Å². The van der Waals surface area contributed by atoms with Crippen LogP contribution >= 0.6 is 0 Å². The van der Waals surface area contributed by atoms with Crippen molar-refractivity contribution in [3.05, 3.63) is 47.5 Å². The SMILES string of the molecule is CC(=O)c1cc2ccccc2cc1C=O. The normalized spacial score (nSPS) is 10.2. The van der Waals surface area contributed by atoms with E-state index in [-0.39, 0.29) is 5.78 Å². The molecule has 74 valence electrons. The highest BCUT2D eigenvalue weighted by molar-refractivity contribution is 6.05. The minimum Gasteiger partial charge on any atom is -0.298 e. The van der Waals surface area contributed by atoms with E-state index in [1.165, 1.54) is 6.92 Å². The highest BCUT2D eigenvalue weighted by Crippen LogP contribution is 2.19. The quantitative estimate of drug-likeness (QED) is 0.549. The van der Waals surface area contributed by atoms with Crippen molar-refractivity contribution < 1.29 is 9.59 Å². The minimum atomic E-state index is -0.0807. The lowest BCUT2D eigenvalue weighted by Gasteiger charge is -2.03. The van der Waals surface area contributed by atoms with Gasteiger partial charge in [0, 0.05) is 11.1 Å². The van der Waals surface area contributed by atoms with E-state index in [1.54, 1.807) is 12.1 Å². The molecule has 0 aliphatic carbocycles. The number of fused-ring (bicyclic) bond motifs is 1. The molecular formula is C13H10O2. The summed E-state index contributed by atoms with van der Waals surface area (Å²) in [6.07, 6.45) is 0.725. The predicted octanol–water partition coefficient (Wildman–Crippen LogP) is 2.85. The van der Waals surface area contributed by atoms with Crippen LogP contribution in [-0.4, -0.2) is 12.1 Å². The van der Waals surface area contributed by atoms with Crippen molar-refractivity contribution in [3.8, 4) is 0 Å². The van der Waals surface area contributed by atoms with Gasteiger partial charge in [0.15, 0.2) is 12.1 Å². The summed E-state index contributed by atoms with van der Waals surface area (Å²) < 4.78 is 0. The Labute approximate surface area is 87.5 Å². The summed E-state index contributed by atoms with van der Waals surface area (Å²) >= 11 is 0. The molecule has 0 N–H and O–H groups in total. The number of carbonyl (C=O) groups is 2. The number of rotatable bonds is 2. The van der Waals surface area contributed by atoms with Crippen LogP contribution in [0.3, 0.4) is 0 Å². The van der Waals surface area contributed by atoms with Crippen LogP contribution in [0.5, 0.6) is 0 Å². The molecule has 0 heterocycles. The predicted molar refractivity (Wildman–Crippen MR) is 59.3 cm³/mol. The molecule has 2 nitrogen and oxygen atoms in total. The van der Waals surface area contributed by atoms with Crippen LogP contribution in [0, 0.1) is 0 Å². The maximum absolute atomic E-state index is 11.3. The van der Waals surface area contributed by atoms with Gasteiger partial charge in [0.05, 0.1) is 0 Å². The van der Waals surface area contributed by atoms with Crippen LogP contribution in [0.15, 0.2) is 36.4 Å². The summed E-state index contributed by atoms with van der Waals surface area (Å²) in [5.41, 5.74) is 0.949. The van der Waals surface area contributed by atoms with Crippen molar-refractivity contribution in [1.29, 1.82) is 0 Å². The molecule has 0 aliphatic heterocycles. The van der Waals surface area contributed by atoms with Crippen molar-refractivity contribution >= 4 is 22.8 Å². The second kappa shape index (κ2) is 3.65. The summed E-state index contributed by atoms with van der Waals surface area (Å²) in [6.45, 7) is 1.47. The zero-order chi connectivity index (χ0) is 10.8. The summed E-state index contributed by atoms with van der Waals surface area (Å²) in [5.74, 6) is -0.0807. The van der Waals surface area contributed by atoms with Gasteiger partial charge >= 0.3 is 0 Å². The molecule has 0 fully saturated rings. The molecule has 2 aromatic rings. The lowest BCUT2D eigenvalue weighted by atomic mass is 9.99.